The number of hydrogen-bond donors (Lipinski definition) is 2. The van der Waals surface area contributed by atoms with Gasteiger partial charge in [0, 0.05) is 0 Å². The normalized spacial score (nSPS) is 11.8. The van der Waals surface area contributed by atoms with Crippen molar-refractivity contribution in [2.45, 2.75) is 12.6 Å². The van der Waals surface area contributed by atoms with Crippen molar-refractivity contribution in [3.05, 3.63) is 11.5 Å². The van der Waals surface area contributed by atoms with Crippen molar-refractivity contribution in [1.82, 2.24) is 19.9 Å². The first kappa shape index (κ1) is 15.4. The van der Waals surface area contributed by atoms with Gasteiger partial charge in [-0.25, -0.2) is 4.98 Å². The smallest absolute Gasteiger partial charge is 0.372 e. The second-order valence-corrected chi connectivity index (χ2v) is 4.26. The van der Waals surface area contributed by atoms with Crippen LogP contribution in [0.1, 0.15) is 6.42 Å². The number of aromatic amines is 1. The van der Waals surface area contributed by atoms with Gasteiger partial charge >= 0.3 is 6.18 Å². The maximum absolute atomic E-state index is 11.8. The van der Waals surface area contributed by atoms with E-state index in [4.69, 9.17) is 11.6 Å². The predicted molar refractivity (Wildman–Crippen MR) is 66.8 cm³/mol. The first-order valence-corrected chi connectivity index (χ1v) is 6.04. The molecule has 0 radical (unpaired) electrons. The summed E-state index contributed by atoms with van der Waals surface area (Å²) < 4.78 is 39.8. The fraction of sp³-hybridized carbons (Fsp3) is 0.400. The molecule has 2 aromatic heterocycles. The average molecular weight is 324 g/mol. The largest absolute Gasteiger partial charge is 0.411 e. The number of nitrogens with zero attached hydrogens (tertiary/aromatic N) is 3. The molecule has 0 aromatic carbocycles. The molecule has 0 aliphatic heterocycles. The van der Waals surface area contributed by atoms with Crippen molar-refractivity contribution in [3.63, 3.8) is 0 Å². The molecule has 0 atom stereocenters. The van der Waals surface area contributed by atoms with Crippen LogP contribution in [0, 0.1) is 0 Å². The van der Waals surface area contributed by atoms with Crippen LogP contribution in [0.5, 0.6) is 0 Å². The van der Waals surface area contributed by atoms with Crippen molar-refractivity contribution in [3.8, 4) is 0 Å². The Bertz CT molecular complexity index is 645. The molecule has 1 amide bonds. The van der Waals surface area contributed by atoms with Crippen LogP contribution in [0.3, 0.4) is 0 Å². The van der Waals surface area contributed by atoms with Crippen molar-refractivity contribution in [2.24, 2.45) is 0 Å². The first-order valence-electron chi connectivity index (χ1n) is 5.66. The van der Waals surface area contributed by atoms with Crippen LogP contribution in [0.2, 0.25) is 5.15 Å². The number of fused-ring (bicyclic) bond motifs is 1. The number of ether oxygens (including phenoxy) is 1. The molecular formula is C10H9ClF3N5O2. The van der Waals surface area contributed by atoms with Gasteiger partial charge in [0.15, 0.2) is 10.8 Å². The third-order valence-corrected chi connectivity index (χ3v) is 2.51. The summed E-state index contributed by atoms with van der Waals surface area (Å²) in [5, 5.41) is 2.37. The number of alkyl halides is 3. The van der Waals surface area contributed by atoms with Crippen LogP contribution in [0.15, 0.2) is 6.33 Å². The number of amides is 1. The Labute approximate surface area is 120 Å². The van der Waals surface area contributed by atoms with E-state index in [1.54, 1.807) is 0 Å². The lowest BCUT2D eigenvalue weighted by Crippen LogP contribution is -2.20. The molecule has 0 saturated heterocycles. The van der Waals surface area contributed by atoms with E-state index in [0.717, 1.165) is 0 Å². The zero-order valence-corrected chi connectivity index (χ0v) is 11.1. The number of aromatic nitrogens is 4. The lowest BCUT2D eigenvalue weighted by Gasteiger charge is -2.07. The molecule has 0 unspecified atom stereocenters. The Hall–Kier alpha value is -1.94. The highest BCUT2D eigenvalue weighted by Gasteiger charge is 2.27. The average Bonchev–Trinajstić information content (AvgIpc) is 2.82. The van der Waals surface area contributed by atoms with E-state index in [0.29, 0.717) is 5.52 Å². The number of carbonyl (C=O) groups is 1. The molecule has 0 aliphatic rings. The highest BCUT2D eigenvalue weighted by Crippen LogP contribution is 2.18. The fourth-order valence-corrected chi connectivity index (χ4v) is 1.61. The standard InChI is InChI=1S/C10H9ClF3N5O2/c11-7-6-8(16-4-15-6)19-9(18-7)17-5(20)1-2-21-3-10(12,13)14/h4H,1-3H2,(H2,15,16,17,18,19,20). The van der Waals surface area contributed by atoms with Gasteiger partial charge in [0.25, 0.3) is 0 Å². The Morgan fingerprint density at radius 2 is 2.19 bits per heavy atom. The van der Waals surface area contributed by atoms with Gasteiger partial charge in [-0.2, -0.15) is 23.1 Å². The molecule has 0 fully saturated rings. The van der Waals surface area contributed by atoms with E-state index >= 15 is 0 Å². The van der Waals surface area contributed by atoms with Crippen molar-refractivity contribution < 1.29 is 22.7 Å². The van der Waals surface area contributed by atoms with Crippen LogP contribution in [0.4, 0.5) is 19.1 Å². The maximum Gasteiger partial charge on any atom is 0.411 e. The number of rotatable bonds is 5. The van der Waals surface area contributed by atoms with Gasteiger partial charge < -0.3 is 9.72 Å². The third kappa shape index (κ3) is 4.53. The summed E-state index contributed by atoms with van der Waals surface area (Å²) in [5.74, 6) is -0.677. The SMILES string of the molecule is O=C(CCOCC(F)(F)F)Nc1nc(Cl)c2[nH]cnc2n1. The topological polar surface area (TPSA) is 92.8 Å². The molecule has 0 spiro atoms. The number of H-pyrrole nitrogens is 1. The minimum absolute atomic E-state index is 0.0705. The van der Waals surface area contributed by atoms with Gasteiger partial charge in [0.1, 0.15) is 12.1 Å². The van der Waals surface area contributed by atoms with Crippen molar-refractivity contribution in [2.75, 3.05) is 18.5 Å². The molecule has 0 bridgehead atoms. The van der Waals surface area contributed by atoms with Crippen LogP contribution >= 0.6 is 11.6 Å². The molecule has 2 heterocycles. The summed E-state index contributed by atoms with van der Waals surface area (Å²) in [6, 6.07) is 0. The number of nitrogens with one attached hydrogen (secondary N) is 2. The maximum atomic E-state index is 11.8. The molecule has 11 heteroatoms. The lowest BCUT2D eigenvalue weighted by atomic mass is 10.4. The van der Waals surface area contributed by atoms with E-state index < -0.39 is 18.7 Å². The number of imidazole rings is 1. The predicted octanol–water partition coefficient (Wildman–Crippen LogP) is 1.91. The molecule has 0 saturated carbocycles. The van der Waals surface area contributed by atoms with Gasteiger partial charge in [-0.3, -0.25) is 10.1 Å². The third-order valence-electron chi connectivity index (χ3n) is 2.23. The molecule has 2 aromatic rings. The van der Waals surface area contributed by atoms with Gasteiger partial charge in [-0.15, -0.1) is 0 Å². The molecule has 0 aliphatic carbocycles. The van der Waals surface area contributed by atoms with E-state index in [1.807, 2.05) is 0 Å². The van der Waals surface area contributed by atoms with Crippen LogP contribution in [-0.2, 0) is 9.53 Å². The molecule has 21 heavy (non-hydrogen) atoms. The summed E-state index contributed by atoms with van der Waals surface area (Å²) in [7, 11) is 0. The van der Waals surface area contributed by atoms with Gasteiger partial charge in [-0.05, 0) is 0 Å². The minimum atomic E-state index is -4.42. The Morgan fingerprint density at radius 3 is 2.90 bits per heavy atom. The van der Waals surface area contributed by atoms with E-state index in [1.165, 1.54) is 6.33 Å². The minimum Gasteiger partial charge on any atom is -0.372 e. The summed E-state index contributed by atoms with van der Waals surface area (Å²) in [5.41, 5.74) is 0.682. The van der Waals surface area contributed by atoms with Gasteiger partial charge in [0.2, 0.25) is 11.9 Å². The fourth-order valence-electron chi connectivity index (χ4n) is 1.39. The molecule has 2 N–H and O–H groups in total. The van der Waals surface area contributed by atoms with E-state index in [2.05, 4.69) is 30.0 Å². The van der Waals surface area contributed by atoms with Crippen LogP contribution in [-0.4, -0.2) is 45.2 Å². The Morgan fingerprint density at radius 1 is 1.43 bits per heavy atom. The Kier molecular flexibility index (Phi) is 4.58. The number of carbonyl (C=O) groups excluding carboxylic acids is 1. The van der Waals surface area contributed by atoms with Crippen molar-refractivity contribution >= 4 is 34.6 Å². The lowest BCUT2D eigenvalue weighted by molar-refractivity contribution is -0.174. The highest BCUT2D eigenvalue weighted by atomic mass is 35.5. The molecule has 114 valence electrons. The van der Waals surface area contributed by atoms with Gasteiger partial charge in [0.05, 0.1) is 19.4 Å². The van der Waals surface area contributed by atoms with Gasteiger partial charge in [-0.1, -0.05) is 11.6 Å². The van der Waals surface area contributed by atoms with Crippen LogP contribution in [0.25, 0.3) is 11.2 Å². The zero-order valence-electron chi connectivity index (χ0n) is 10.4. The number of anilines is 1. The summed E-state index contributed by atoms with van der Waals surface area (Å²) in [6.07, 6.45) is -3.32. The summed E-state index contributed by atoms with van der Waals surface area (Å²) >= 11 is 5.84. The summed E-state index contributed by atoms with van der Waals surface area (Å²) in [6.45, 7) is -1.77. The monoisotopic (exact) mass is 323 g/mol. The van der Waals surface area contributed by atoms with Crippen molar-refractivity contribution in [1.29, 1.82) is 0 Å². The second-order valence-electron chi connectivity index (χ2n) is 3.91. The molecule has 7 nitrogen and oxygen atoms in total. The van der Waals surface area contributed by atoms with E-state index in [-0.39, 0.29) is 29.8 Å². The highest BCUT2D eigenvalue weighted by molar-refractivity contribution is 6.33. The summed E-state index contributed by atoms with van der Waals surface area (Å²) in [4.78, 5) is 25.8. The zero-order chi connectivity index (χ0) is 15.5. The molecule has 2 rings (SSSR count). The number of hydrogen-bond acceptors (Lipinski definition) is 5. The quantitative estimate of drug-likeness (QED) is 0.647. The molecular weight excluding hydrogens is 315 g/mol. The Balaban J connectivity index is 1.86. The first-order chi connectivity index (χ1) is 9.85. The number of halogens is 4. The van der Waals surface area contributed by atoms with Crippen LogP contribution < -0.4 is 5.32 Å². The second kappa shape index (κ2) is 6.22. The van der Waals surface area contributed by atoms with E-state index in [9.17, 15) is 18.0 Å².